The van der Waals surface area contributed by atoms with Gasteiger partial charge in [-0.15, -0.1) is 0 Å². The summed E-state index contributed by atoms with van der Waals surface area (Å²) >= 11 is 0. The van der Waals surface area contributed by atoms with Crippen molar-refractivity contribution < 1.29 is 17.9 Å². The second-order valence-corrected chi connectivity index (χ2v) is 12.3. The quantitative estimate of drug-likeness (QED) is 0.277. The minimum Gasteiger partial charge on any atom is -0.466 e. The molecule has 0 spiro atoms. The van der Waals surface area contributed by atoms with Crippen LogP contribution in [0.25, 0.3) is 4.85 Å². The average molecular weight is 562 g/mol. The fourth-order valence-corrected chi connectivity index (χ4v) is 6.79. The maximum atomic E-state index is 14.7. The molecule has 0 N–H and O–H groups in total. The standard InChI is InChI=1S/C33H27N3O4S/c1-34-27-18-16-24(17-19-27)22-33-30(40-31(35-33)25-10-4-2-5-11-25)29-15-9-8-12-26(29)23-36(32(33)37)20-21-41(38,39)28-13-6-3-7-14-28/h2-19,30H,20-23H2/t30-,33-/m0/s1. The molecule has 4 aromatic carbocycles. The van der Waals surface area contributed by atoms with Gasteiger partial charge >= 0.3 is 0 Å². The van der Waals surface area contributed by atoms with Crippen LogP contribution < -0.4 is 0 Å². The highest BCUT2D eigenvalue weighted by atomic mass is 32.2. The first-order chi connectivity index (χ1) is 19.9. The number of amides is 1. The molecule has 0 saturated carbocycles. The van der Waals surface area contributed by atoms with Crippen LogP contribution in [0.15, 0.2) is 119 Å². The Morgan fingerprint density at radius 2 is 1.56 bits per heavy atom. The Bertz CT molecular complexity index is 1760. The van der Waals surface area contributed by atoms with Gasteiger partial charge < -0.3 is 9.64 Å². The van der Waals surface area contributed by atoms with E-state index in [9.17, 15) is 13.2 Å². The van der Waals surface area contributed by atoms with Gasteiger partial charge in [0.25, 0.3) is 5.91 Å². The number of aliphatic imine (C=N–C) groups is 1. The maximum Gasteiger partial charge on any atom is 0.255 e. The number of rotatable bonds is 7. The molecule has 2 aliphatic rings. The monoisotopic (exact) mass is 561 g/mol. The van der Waals surface area contributed by atoms with E-state index in [4.69, 9.17) is 16.3 Å². The predicted molar refractivity (Wildman–Crippen MR) is 156 cm³/mol. The molecule has 4 aromatic rings. The zero-order valence-corrected chi connectivity index (χ0v) is 23.0. The maximum absolute atomic E-state index is 14.7. The van der Waals surface area contributed by atoms with Gasteiger partial charge in [-0.2, -0.15) is 0 Å². The number of benzene rings is 4. The molecule has 2 aliphatic heterocycles. The molecule has 0 aliphatic carbocycles. The second-order valence-electron chi connectivity index (χ2n) is 10.2. The number of carbonyl (C=O) groups excluding carboxylic acids is 1. The van der Waals surface area contributed by atoms with E-state index in [1.54, 1.807) is 47.4 Å². The Kier molecular flexibility index (Phi) is 6.90. The topological polar surface area (TPSA) is 80.4 Å². The highest BCUT2D eigenvalue weighted by Crippen LogP contribution is 2.46. The predicted octanol–water partition coefficient (Wildman–Crippen LogP) is 5.55. The summed E-state index contributed by atoms with van der Waals surface area (Å²) in [4.78, 5) is 25.0. The number of ether oxygens (including phenoxy) is 1. The molecular weight excluding hydrogens is 534 g/mol. The summed E-state index contributed by atoms with van der Waals surface area (Å²) in [5.41, 5.74) is 2.46. The third-order valence-corrected chi connectivity index (χ3v) is 9.32. The fourth-order valence-electron chi connectivity index (χ4n) is 5.52. The zero-order chi connectivity index (χ0) is 28.5. The summed E-state index contributed by atoms with van der Waals surface area (Å²) in [5.74, 6) is -0.140. The summed E-state index contributed by atoms with van der Waals surface area (Å²) in [6.45, 7) is 7.56. The van der Waals surface area contributed by atoms with Crippen LogP contribution >= 0.6 is 0 Å². The third kappa shape index (κ3) is 5.01. The molecule has 0 radical (unpaired) electrons. The number of hydrogen-bond donors (Lipinski definition) is 0. The summed E-state index contributed by atoms with van der Waals surface area (Å²) < 4.78 is 32.9. The third-order valence-electron chi connectivity index (χ3n) is 7.61. The Labute approximate surface area is 239 Å². The van der Waals surface area contributed by atoms with Crippen molar-refractivity contribution in [2.24, 2.45) is 4.99 Å². The van der Waals surface area contributed by atoms with Gasteiger partial charge in [0.1, 0.15) is 0 Å². The van der Waals surface area contributed by atoms with Crippen molar-refractivity contribution >= 4 is 27.3 Å². The van der Waals surface area contributed by atoms with Crippen molar-refractivity contribution in [3.8, 4) is 0 Å². The van der Waals surface area contributed by atoms with Crippen molar-refractivity contribution in [1.82, 2.24) is 4.90 Å². The lowest BCUT2D eigenvalue weighted by Gasteiger charge is -2.32. The molecule has 0 saturated heterocycles. The SMILES string of the molecule is [C-]#[N+]c1ccc(C[C@]23N=C(c4ccccc4)O[C@H]2c2ccccc2CN(CCS(=O)(=O)c2ccccc2)C3=O)cc1. The molecule has 2 heterocycles. The van der Waals surface area contributed by atoms with Gasteiger partial charge in [0, 0.05) is 30.6 Å². The number of carbonyl (C=O) groups is 1. The summed E-state index contributed by atoms with van der Waals surface area (Å²) in [6.07, 6.45) is -0.487. The van der Waals surface area contributed by atoms with Crippen LogP contribution in [-0.2, 0) is 32.3 Å². The lowest BCUT2D eigenvalue weighted by molar-refractivity contribution is -0.139. The molecule has 0 aromatic heterocycles. The first-order valence-electron chi connectivity index (χ1n) is 13.3. The number of nitrogens with zero attached hydrogens (tertiary/aromatic N) is 3. The second kappa shape index (κ2) is 10.7. The van der Waals surface area contributed by atoms with Crippen LogP contribution in [0, 0.1) is 6.57 Å². The van der Waals surface area contributed by atoms with Gasteiger partial charge in [-0.3, -0.25) is 4.79 Å². The minimum absolute atomic E-state index is 0.00567. The van der Waals surface area contributed by atoms with Gasteiger partial charge in [0.2, 0.25) is 5.90 Å². The molecule has 1 amide bonds. The van der Waals surface area contributed by atoms with Gasteiger partial charge in [0.15, 0.2) is 27.2 Å². The highest BCUT2D eigenvalue weighted by molar-refractivity contribution is 7.91. The Balaban J connectivity index is 1.45. The first-order valence-corrected chi connectivity index (χ1v) is 15.0. The van der Waals surface area contributed by atoms with E-state index >= 15 is 0 Å². The van der Waals surface area contributed by atoms with Gasteiger partial charge in [0.05, 0.1) is 17.2 Å². The largest absolute Gasteiger partial charge is 0.466 e. The highest BCUT2D eigenvalue weighted by Gasteiger charge is 2.56. The molecule has 0 fully saturated rings. The van der Waals surface area contributed by atoms with Gasteiger partial charge in [-0.25, -0.2) is 18.3 Å². The van der Waals surface area contributed by atoms with Crippen LogP contribution in [0.4, 0.5) is 5.69 Å². The van der Waals surface area contributed by atoms with E-state index in [2.05, 4.69) is 4.85 Å². The fraction of sp³-hybridized carbons (Fsp3) is 0.182. The van der Waals surface area contributed by atoms with E-state index < -0.39 is 21.5 Å². The van der Waals surface area contributed by atoms with Gasteiger partial charge in [-0.1, -0.05) is 84.9 Å². The normalized spacial score (nSPS) is 19.8. The van der Waals surface area contributed by atoms with Crippen molar-refractivity contribution in [3.05, 3.63) is 143 Å². The van der Waals surface area contributed by atoms with E-state index in [0.29, 0.717) is 11.6 Å². The minimum atomic E-state index is -3.62. The van der Waals surface area contributed by atoms with Gasteiger partial charge in [-0.05, 0) is 35.4 Å². The molecular formula is C33H27N3O4S. The molecule has 204 valence electrons. The van der Waals surface area contributed by atoms with Crippen LogP contribution in [0.3, 0.4) is 0 Å². The van der Waals surface area contributed by atoms with Crippen LogP contribution in [0.2, 0.25) is 0 Å². The average Bonchev–Trinajstić information content (AvgIpc) is 3.36. The molecule has 0 unspecified atom stereocenters. The summed E-state index contributed by atoms with van der Waals surface area (Å²) in [6, 6.07) is 32.6. The van der Waals surface area contributed by atoms with Crippen LogP contribution in [0.5, 0.6) is 0 Å². The molecule has 8 heteroatoms. The Hall–Kier alpha value is -4.74. The lowest BCUT2D eigenvalue weighted by atomic mass is 9.81. The summed E-state index contributed by atoms with van der Waals surface area (Å²) in [7, 11) is -3.62. The van der Waals surface area contributed by atoms with Crippen molar-refractivity contribution in [3.63, 3.8) is 0 Å². The van der Waals surface area contributed by atoms with E-state index in [0.717, 1.165) is 22.3 Å². The van der Waals surface area contributed by atoms with E-state index in [1.807, 2.05) is 66.7 Å². The van der Waals surface area contributed by atoms with Crippen LogP contribution in [-0.4, -0.2) is 43.0 Å². The molecule has 7 nitrogen and oxygen atoms in total. The molecule has 41 heavy (non-hydrogen) atoms. The molecule has 6 rings (SSSR count). The number of hydrogen-bond acceptors (Lipinski definition) is 5. The van der Waals surface area contributed by atoms with Crippen molar-refractivity contribution in [2.45, 2.75) is 29.5 Å². The smallest absolute Gasteiger partial charge is 0.255 e. The summed E-state index contributed by atoms with van der Waals surface area (Å²) in [5, 5.41) is 0. The molecule has 2 atom stereocenters. The van der Waals surface area contributed by atoms with Crippen molar-refractivity contribution in [2.75, 3.05) is 12.3 Å². The van der Waals surface area contributed by atoms with Crippen molar-refractivity contribution in [1.29, 1.82) is 0 Å². The Morgan fingerprint density at radius 3 is 2.27 bits per heavy atom. The zero-order valence-electron chi connectivity index (χ0n) is 22.2. The molecule has 0 bridgehead atoms. The van der Waals surface area contributed by atoms with E-state index in [-0.39, 0.29) is 36.1 Å². The van der Waals surface area contributed by atoms with E-state index in [1.165, 1.54) is 0 Å². The van der Waals surface area contributed by atoms with Crippen LogP contribution in [0.1, 0.15) is 28.4 Å². The lowest BCUT2D eigenvalue weighted by Crippen LogP contribution is -2.50. The first kappa shape index (κ1) is 26.5. The number of sulfone groups is 1. The number of fused-ring (bicyclic) bond motifs is 3. The Morgan fingerprint density at radius 1 is 0.902 bits per heavy atom.